The lowest BCUT2D eigenvalue weighted by atomic mass is 10.2. The molecule has 100 valence electrons. The maximum Gasteiger partial charge on any atom is 0.302 e. The molecule has 0 amide bonds. The summed E-state index contributed by atoms with van der Waals surface area (Å²) in [5.74, 6) is 0.628. The number of aromatic amines is 1. The highest BCUT2D eigenvalue weighted by atomic mass is 16.5. The van der Waals surface area contributed by atoms with Gasteiger partial charge < -0.3 is 10.5 Å². The van der Waals surface area contributed by atoms with Gasteiger partial charge in [0.1, 0.15) is 5.75 Å². The first-order chi connectivity index (χ1) is 9.61. The van der Waals surface area contributed by atoms with Crippen molar-refractivity contribution < 1.29 is 4.74 Å². The molecule has 3 aromatic rings. The topological polar surface area (TPSA) is 81.0 Å². The molecule has 0 radical (unpaired) electrons. The van der Waals surface area contributed by atoms with Gasteiger partial charge in [-0.15, -0.1) is 0 Å². The lowest BCUT2D eigenvalue weighted by Gasteiger charge is -2.06. The van der Waals surface area contributed by atoms with E-state index in [1.54, 1.807) is 24.3 Å². The quantitative estimate of drug-likeness (QED) is 0.699. The molecule has 0 saturated carbocycles. The van der Waals surface area contributed by atoms with E-state index < -0.39 is 0 Å². The van der Waals surface area contributed by atoms with Gasteiger partial charge in [-0.25, -0.2) is 0 Å². The zero-order valence-electron chi connectivity index (χ0n) is 10.9. The van der Waals surface area contributed by atoms with Gasteiger partial charge in [-0.05, 0) is 42.8 Å². The van der Waals surface area contributed by atoms with Crippen LogP contribution in [0.15, 0.2) is 47.3 Å². The summed E-state index contributed by atoms with van der Waals surface area (Å²) in [6.45, 7) is 1.96. The fraction of sp³-hybridized carbons (Fsp3) is 0.0667. The van der Waals surface area contributed by atoms with Crippen LogP contribution in [-0.2, 0) is 0 Å². The molecule has 20 heavy (non-hydrogen) atoms. The number of H-pyrrole nitrogens is 1. The number of benzene rings is 2. The molecule has 0 atom stereocenters. The second-order valence-corrected chi connectivity index (χ2v) is 4.57. The number of nitrogens with zero attached hydrogens (tertiary/aromatic N) is 1. The molecule has 5 nitrogen and oxygen atoms in total. The Labute approximate surface area is 115 Å². The van der Waals surface area contributed by atoms with E-state index in [4.69, 9.17) is 10.5 Å². The number of nitrogens with one attached hydrogen (secondary N) is 1. The lowest BCUT2D eigenvalue weighted by molar-refractivity contribution is 0.442. The number of nitrogen functional groups attached to an aromatic ring is 1. The van der Waals surface area contributed by atoms with Crippen molar-refractivity contribution in [3.8, 4) is 11.8 Å². The number of aryl methyl sites for hydroxylation is 1. The van der Waals surface area contributed by atoms with Crippen LogP contribution in [0, 0.1) is 6.92 Å². The summed E-state index contributed by atoms with van der Waals surface area (Å²) in [5.41, 5.74) is 7.53. The largest absolute Gasteiger partial charge is 0.426 e. The third-order valence-electron chi connectivity index (χ3n) is 2.91. The Kier molecular flexibility index (Phi) is 2.87. The molecule has 3 rings (SSSR count). The molecular weight excluding hydrogens is 254 g/mol. The normalized spacial score (nSPS) is 10.7. The number of aromatic nitrogens is 2. The summed E-state index contributed by atoms with van der Waals surface area (Å²) in [6.07, 6.45) is 0. The van der Waals surface area contributed by atoms with Gasteiger partial charge in [-0.2, -0.15) is 4.98 Å². The third-order valence-corrected chi connectivity index (χ3v) is 2.91. The van der Waals surface area contributed by atoms with Crippen molar-refractivity contribution in [3.05, 3.63) is 58.4 Å². The van der Waals surface area contributed by atoms with Crippen LogP contribution in [0.2, 0.25) is 0 Å². The highest BCUT2D eigenvalue weighted by Gasteiger charge is 2.06. The Bertz CT molecular complexity index is 840. The van der Waals surface area contributed by atoms with Crippen molar-refractivity contribution in [2.24, 2.45) is 0 Å². The van der Waals surface area contributed by atoms with Gasteiger partial charge in [0.2, 0.25) is 0 Å². The molecule has 2 aromatic carbocycles. The number of nitrogens with two attached hydrogens (primary N) is 1. The van der Waals surface area contributed by atoms with Crippen LogP contribution < -0.4 is 16.0 Å². The van der Waals surface area contributed by atoms with Crippen molar-refractivity contribution in [2.45, 2.75) is 6.92 Å². The zero-order valence-corrected chi connectivity index (χ0v) is 10.9. The number of rotatable bonds is 2. The zero-order chi connectivity index (χ0) is 14.1. The van der Waals surface area contributed by atoms with Crippen LogP contribution in [0.3, 0.4) is 0 Å². The predicted octanol–water partition coefficient (Wildman–Crippen LogP) is 2.61. The minimum atomic E-state index is -0.273. The Hall–Kier alpha value is -2.82. The fourth-order valence-electron chi connectivity index (χ4n) is 1.97. The van der Waals surface area contributed by atoms with E-state index in [2.05, 4.69) is 9.97 Å². The molecule has 3 N–H and O–H groups in total. The minimum absolute atomic E-state index is 0.165. The molecule has 0 aliphatic carbocycles. The van der Waals surface area contributed by atoms with Crippen LogP contribution in [0.25, 0.3) is 10.9 Å². The summed E-state index contributed by atoms with van der Waals surface area (Å²) >= 11 is 0. The Balaban J connectivity index is 2.05. The van der Waals surface area contributed by atoms with Gasteiger partial charge in [0, 0.05) is 5.69 Å². The number of ether oxygens (including phenoxy) is 1. The minimum Gasteiger partial charge on any atom is -0.426 e. The van der Waals surface area contributed by atoms with E-state index >= 15 is 0 Å². The van der Waals surface area contributed by atoms with E-state index in [1.807, 2.05) is 25.1 Å². The van der Waals surface area contributed by atoms with Gasteiger partial charge in [-0.1, -0.05) is 12.1 Å². The average Bonchev–Trinajstić information content (AvgIpc) is 2.40. The SMILES string of the molecule is Cc1cccc(Oc2nc3ccc(N)cc3c(=O)[nH]2)c1. The van der Waals surface area contributed by atoms with Crippen LogP contribution in [0.1, 0.15) is 5.56 Å². The van der Waals surface area contributed by atoms with E-state index in [0.717, 1.165) is 5.56 Å². The van der Waals surface area contributed by atoms with E-state index in [1.165, 1.54) is 0 Å². The maximum absolute atomic E-state index is 12.0. The fourth-order valence-corrected chi connectivity index (χ4v) is 1.97. The third kappa shape index (κ3) is 2.33. The summed E-state index contributed by atoms with van der Waals surface area (Å²) in [5, 5.41) is 0.446. The number of hydrogen-bond donors (Lipinski definition) is 2. The summed E-state index contributed by atoms with van der Waals surface area (Å²) < 4.78 is 5.58. The van der Waals surface area contributed by atoms with Crippen LogP contribution in [0.5, 0.6) is 11.8 Å². The molecule has 0 fully saturated rings. The first-order valence-electron chi connectivity index (χ1n) is 6.16. The van der Waals surface area contributed by atoms with E-state index in [9.17, 15) is 4.79 Å². The number of anilines is 1. The lowest BCUT2D eigenvalue weighted by Crippen LogP contribution is -2.09. The second kappa shape index (κ2) is 4.70. The van der Waals surface area contributed by atoms with E-state index in [0.29, 0.717) is 22.3 Å². The molecule has 0 aliphatic rings. The highest BCUT2D eigenvalue weighted by molar-refractivity contribution is 5.81. The summed E-state index contributed by atoms with van der Waals surface area (Å²) in [6, 6.07) is 12.7. The first kappa shape index (κ1) is 12.2. The van der Waals surface area contributed by atoms with Crippen molar-refractivity contribution in [3.63, 3.8) is 0 Å². The first-order valence-corrected chi connectivity index (χ1v) is 6.16. The Morgan fingerprint density at radius 3 is 2.85 bits per heavy atom. The highest BCUT2D eigenvalue weighted by Crippen LogP contribution is 2.20. The standard InChI is InChI=1S/C15H13N3O2/c1-9-3-2-4-11(7-9)20-15-17-13-6-5-10(16)8-12(13)14(19)18-15/h2-8H,16H2,1H3,(H,17,18,19). The molecular formula is C15H13N3O2. The maximum atomic E-state index is 12.0. The molecule has 0 bridgehead atoms. The van der Waals surface area contributed by atoms with E-state index in [-0.39, 0.29) is 11.6 Å². The summed E-state index contributed by atoms with van der Waals surface area (Å²) in [7, 11) is 0. The Morgan fingerprint density at radius 1 is 1.20 bits per heavy atom. The van der Waals surface area contributed by atoms with Crippen LogP contribution in [0.4, 0.5) is 5.69 Å². The monoisotopic (exact) mass is 267 g/mol. The van der Waals surface area contributed by atoms with Crippen molar-refractivity contribution in [2.75, 3.05) is 5.73 Å². The molecule has 0 aliphatic heterocycles. The molecule has 0 spiro atoms. The molecule has 5 heteroatoms. The molecule has 0 unspecified atom stereocenters. The second-order valence-electron chi connectivity index (χ2n) is 4.57. The molecule has 1 aromatic heterocycles. The van der Waals surface area contributed by atoms with Gasteiger partial charge in [0.05, 0.1) is 10.9 Å². The Morgan fingerprint density at radius 2 is 2.05 bits per heavy atom. The van der Waals surface area contributed by atoms with Crippen molar-refractivity contribution in [1.29, 1.82) is 0 Å². The number of fused-ring (bicyclic) bond motifs is 1. The van der Waals surface area contributed by atoms with Crippen LogP contribution >= 0.6 is 0 Å². The van der Waals surface area contributed by atoms with Gasteiger partial charge in [0.15, 0.2) is 0 Å². The smallest absolute Gasteiger partial charge is 0.302 e. The number of hydrogen-bond acceptors (Lipinski definition) is 4. The van der Waals surface area contributed by atoms with Crippen molar-refractivity contribution in [1.82, 2.24) is 9.97 Å². The average molecular weight is 267 g/mol. The molecule has 1 heterocycles. The van der Waals surface area contributed by atoms with Gasteiger partial charge in [0.25, 0.3) is 5.56 Å². The molecule has 0 saturated heterocycles. The predicted molar refractivity (Wildman–Crippen MR) is 78.0 cm³/mol. The van der Waals surface area contributed by atoms with Crippen LogP contribution in [-0.4, -0.2) is 9.97 Å². The van der Waals surface area contributed by atoms with Crippen molar-refractivity contribution >= 4 is 16.6 Å². The van der Waals surface area contributed by atoms with Gasteiger partial charge >= 0.3 is 6.01 Å². The van der Waals surface area contributed by atoms with Gasteiger partial charge in [-0.3, -0.25) is 9.78 Å². The summed E-state index contributed by atoms with van der Waals surface area (Å²) in [4.78, 5) is 18.8.